The lowest BCUT2D eigenvalue weighted by atomic mass is 10.1. The first-order valence-electron chi connectivity index (χ1n) is 6.88. The number of anilines is 1. The lowest BCUT2D eigenvalue weighted by Crippen LogP contribution is -2.42. The lowest BCUT2D eigenvalue weighted by Gasteiger charge is -2.28. The van der Waals surface area contributed by atoms with E-state index in [2.05, 4.69) is 5.32 Å². The van der Waals surface area contributed by atoms with Gasteiger partial charge in [0.05, 0.1) is 11.3 Å². The van der Waals surface area contributed by atoms with E-state index in [1.807, 2.05) is 6.92 Å². The SMILES string of the molecule is CCN(CC(C)(C)O)C(=O)c1ccc2c(c1)NC(=O)CO2. The fourth-order valence-corrected chi connectivity index (χ4v) is 2.19. The third-order valence-corrected chi connectivity index (χ3v) is 3.11. The zero-order valence-electron chi connectivity index (χ0n) is 12.5. The van der Waals surface area contributed by atoms with Gasteiger partial charge in [0.15, 0.2) is 6.61 Å². The Labute approximate surface area is 123 Å². The Morgan fingerprint density at radius 2 is 2.19 bits per heavy atom. The van der Waals surface area contributed by atoms with Crippen molar-refractivity contribution < 1.29 is 19.4 Å². The summed E-state index contributed by atoms with van der Waals surface area (Å²) >= 11 is 0. The van der Waals surface area contributed by atoms with Crippen LogP contribution in [0, 0.1) is 0 Å². The molecule has 2 rings (SSSR count). The van der Waals surface area contributed by atoms with Crippen molar-refractivity contribution in [2.24, 2.45) is 0 Å². The van der Waals surface area contributed by atoms with Gasteiger partial charge in [0.2, 0.25) is 0 Å². The van der Waals surface area contributed by atoms with Crippen LogP contribution < -0.4 is 10.1 Å². The predicted molar refractivity (Wildman–Crippen MR) is 78.4 cm³/mol. The van der Waals surface area contributed by atoms with Gasteiger partial charge >= 0.3 is 0 Å². The van der Waals surface area contributed by atoms with Crippen molar-refractivity contribution >= 4 is 17.5 Å². The maximum Gasteiger partial charge on any atom is 0.262 e. The van der Waals surface area contributed by atoms with Crippen molar-refractivity contribution in [2.75, 3.05) is 25.0 Å². The molecule has 0 saturated carbocycles. The van der Waals surface area contributed by atoms with Gasteiger partial charge in [0, 0.05) is 18.7 Å². The molecule has 0 radical (unpaired) electrons. The molecule has 2 N–H and O–H groups in total. The Balaban J connectivity index is 2.22. The molecular formula is C15H20N2O4. The molecule has 0 saturated heterocycles. The molecule has 1 aliphatic heterocycles. The summed E-state index contributed by atoms with van der Waals surface area (Å²) in [4.78, 5) is 25.4. The van der Waals surface area contributed by atoms with E-state index in [0.29, 0.717) is 23.5 Å². The van der Waals surface area contributed by atoms with E-state index in [4.69, 9.17) is 4.74 Å². The standard InChI is InChI=1S/C15H20N2O4/c1-4-17(9-15(2,3)20)14(19)10-5-6-12-11(7-10)16-13(18)8-21-12/h5-7,20H,4,8-9H2,1-3H3,(H,16,18). The van der Waals surface area contributed by atoms with Crippen LogP contribution in [0.2, 0.25) is 0 Å². The molecule has 1 aliphatic rings. The number of fused-ring (bicyclic) bond motifs is 1. The Kier molecular flexibility index (Phi) is 4.18. The molecule has 6 nitrogen and oxygen atoms in total. The molecule has 0 spiro atoms. The average molecular weight is 292 g/mol. The molecule has 21 heavy (non-hydrogen) atoms. The highest BCUT2D eigenvalue weighted by Gasteiger charge is 2.24. The Hall–Kier alpha value is -2.08. The van der Waals surface area contributed by atoms with E-state index < -0.39 is 5.60 Å². The first kappa shape index (κ1) is 15.3. The zero-order chi connectivity index (χ0) is 15.6. The van der Waals surface area contributed by atoms with Crippen LogP contribution in [0.15, 0.2) is 18.2 Å². The summed E-state index contributed by atoms with van der Waals surface area (Å²) in [5.41, 5.74) is -0.0148. The van der Waals surface area contributed by atoms with Crippen molar-refractivity contribution in [3.8, 4) is 5.75 Å². The third kappa shape index (κ3) is 3.72. The second kappa shape index (κ2) is 5.73. The number of benzene rings is 1. The van der Waals surface area contributed by atoms with Crippen LogP contribution >= 0.6 is 0 Å². The molecule has 0 unspecified atom stereocenters. The highest BCUT2D eigenvalue weighted by atomic mass is 16.5. The summed E-state index contributed by atoms with van der Waals surface area (Å²) in [5.74, 6) is 0.120. The number of nitrogens with one attached hydrogen (secondary N) is 1. The number of nitrogens with zero attached hydrogens (tertiary/aromatic N) is 1. The molecule has 1 aromatic carbocycles. The largest absolute Gasteiger partial charge is 0.482 e. The zero-order valence-corrected chi connectivity index (χ0v) is 12.5. The van der Waals surface area contributed by atoms with E-state index in [0.717, 1.165) is 0 Å². The van der Waals surface area contributed by atoms with Crippen LogP contribution in [0.4, 0.5) is 5.69 Å². The van der Waals surface area contributed by atoms with Crippen LogP contribution in [-0.2, 0) is 4.79 Å². The molecule has 1 aromatic rings. The van der Waals surface area contributed by atoms with E-state index in [1.54, 1.807) is 36.9 Å². The van der Waals surface area contributed by atoms with Gasteiger partial charge in [-0.2, -0.15) is 0 Å². The number of hydrogen-bond acceptors (Lipinski definition) is 4. The second-order valence-corrected chi connectivity index (χ2v) is 5.68. The minimum absolute atomic E-state index is 0.0138. The van der Waals surface area contributed by atoms with Crippen LogP contribution in [0.1, 0.15) is 31.1 Å². The van der Waals surface area contributed by atoms with Gasteiger partial charge in [-0.25, -0.2) is 0 Å². The smallest absolute Gasteiger partial charge is 0.262 e. The summed E-state index contributed by atoms with van der Waals surface area (Å²) in [6.07, 6.45) is 0. The Morgan fingerprint density at radius 1 is 1.48 bits per heavy atom. The summed E-state index contributed by atoms with van der Waals surface area (Å²) in [7, 11) is 0. The summed E-state index contributed by atoms with van der Waals surface area (Å²) in [5, 5.41) is 12.5. The van der Waals surface area contributed by atoms with Gasteiger partial charge in [-0.1, -0.05) is 0 Å². The van der Waals surface area contributed by atoms with Gasteiger partial charge in [-0.15, -0.1) is 0 Å². The number of rotatable bonds is 4. The van der Waals surface area contributed by atoms with E-state index in [9.17, 15) is 14.7 Å². The number of amides is 2. The summed E-state index contributed by atoms with van der Waals surface area (Å²) in [6, 6.07) is 4.92. The van der Waals surface area contributed by atoms with Crippen molar-refractivity contribution in [3.63, 3.8) is 0 Å². The van der Waals surface area contributed by atoms with Gasteiger partial charge in [-0.05, 0) is 39.0 Å². The number of likely N-dealkylation sites (N-methyl/N-ethyl adjacent to an activating group) is 1. The molecule has 0 bridgehead atoms. The van der Waals surface area contributed by atoms with Crippen LogP contribution in [0.5, 0.6) is 5.75 Å². The fourth-order valence-electron chi connectivity index (χ4n) is 2.19. The molecule has 1 heterocycles. The van der Waals surface area contributed by atoms with Gasteiger partial charge in [0.25, 0.3) is 11.8 Å². The fraction of sp³-hybridized carbons (Fsp3) is 0.467. The molecule has 0 fully saturated rings. The van der Waals surface area contributed by atoms with Gasteiger partial charge in [0.1, 0.15) is 5.75 Å². The number of carbonyl (C=O) groups excluding carboxylic acids is 2. The predicted octanol–water partition coefficient (Wildman–Crippen LogP) is 1.25. The third-order valence-electron chi connectivity index (χ3n) is 3.11. The Bertz CT molecular complexity index is 563. The van der Waals surface area contributed by atoms with Crippen molar-refractivity contribution in [3.05, 3.63) is 23.8 Å². The number of hydrogen-bond donors (Lipinski definition) is 2. The molecule has 2 amide bonds. The topological polar surface area (TPSA) is 78.9 Å². The van der Waals surface area contributed by atoms with Crippen molar-refractivity contribution in [1.29, 1.82) is 0 Å². The first-order valence-corrected chi connectivity index (χ1v) is 6.88. The monoisotopic (exact) mass is 292 g/mol. The van der Waals surface area contributed by atoms with E-state index in [1.165, 1.54) is 0 Å². The second-order valence-electron chi connectivity index (χ2n) is 5.68. The van der Waals surface area contributed by atoms with E-state index >= 15 is 0 Å². The quantitative estimate of drug-likeness (QED) is 0.875. The maximum absolute atomic E-state index is 12.5. The minimum atomic E-state index is -0.961. The van der Waals surface area contributed by atoms with Gasteiger partial charge in [-0.3, -0.25) is 9.59 Å². The maximum atomic E-state index is 12.5. The molecular weight excluding hydrogens is 272 g/mol. The Morgan fingerprint density at radius 3 is 2.81 bits per heavy atom. The highest BCUT2D eigenvalue weighted by Crippen LogP contribution is 2.29. The van der Waals surface area contributed by atoms with Crippen LogP contribution in [0.3, 0.4) is 0 Å². The number of carbonyl (C=O) groups is 2. The van der Waals surface area contributed by atoms with Crippen LogP contribution in [-0.4, -0.2) is 47.1 Å². The highest BCUT2D eigenvalue weighted by molar-refractivity contribution is 5.99. The average Bonchev–Trinajstić information content (AvgIpc) is 2.42. The summed E-state index contributed by atoms with van der Waals surface area (Å²) in [6.45, 7) is 5.88. The van der Waals surface area contributed by atoms with Crippen molar-refractivity contribution in [2.45, 2.75) is 26.4 Å². The summed E-state index contributed by atoms with van der Waals surface area (Å²) < 4.78 is 5.26. The van der Waals surface area contributed by atoms with Gasteiger partial charge < -0.3 is 20.1 Å². The number of aliphatic hydroxyl groups is 1. The lowest BCUT2D eigenvalue weighted by molar-refractivity contribution is -0.118. The minimum Gasteiger partial charge on any atom is -0.482 e. The molecule has 0 atom stereocenters. The normalized spacial score (nSPS) is 14.0. The molecule has 6 heteroatoms. The molecule has 114 valence electrons. The molecule has 0 aliphatic carbocycles. The first-order chi connectivity index (χ1) is 9.80. The van der Waals surface area contributed by atoms with E-state index in [-0.39, 0.29) is 25.0 Å². The van der Waals surface area contributed by atoms with Crippen molar-refractivity contribution in [1.82, 2.24) is 4.90 Å². The molecule has 0 aromatic heterocycles. The number of ether oxygens (including phenoxy) is 1. The van der Waals surface area contributed by atoms with Crippen LogP contribution in [0.25, 0.3) is 0 Å².